The van der Waals surface area contributed by atoms with E-state index in [1.54, 1.807) is 18.2 Å². The summed E-state index contributed by atoms with van der Waals surface area (Å²) in [6, 6.07) is 15.4. The molecule has 8 heteroatoms. The van der Waals surface area contributed by atoms with Crippen molar-refractivity contribution in [1.82, 2.24) is 4.31 Å². The number of halogens is 1. The third-order valence-corrected chi connectivity index (χ3v) is 6.99. The van der Waals surface area contributed by atoms with Crippen LogP contribution in [0.2, 0.25) is 0 Å². The number of nitrogens with zero attached hydrogens (tertiary/aromatic N) is 2. The topological polar surface area (TPSA) is 90.3 Å². The smallest absolute Gasteiger partial charge is 0.244 e. The van der Waals surface area contributed by atoms with Crippen molar-refractivity contribution in [1.29, 1.82) is 5.26 Å². The van der Waals surface area contributed by atoms with Gasteiger partial charge >= 0.3 is 0 Å². The molecule has 1 N–H and O–H groups in total. The molecule has 1 saturated heterocycles. The minimum atomic E-state index is -3.75. The fourth-order valence-corrected chi connectivity index (χ4v) is 5.10. The summed E-state index contributed by atoms with van der Waals surface area (Å²) in [5.74, 6) is -0.357. The Morgan fingerprint density at radius 3 is 2.52 bits per heavy atom. The van der Waals surface area contributed by atoms with Crippen LogP contribution in [0.4, 0.5) is 5.69 Å². The average Bonchev–Trinajstić information content (AvgIpc) is 2.68. The minimum absolute atomic E-state index is 0.0181. The molecule has 0 spiro atoms. The van der Waals surface area contributed by atoms with Crippen LogP contribution in [-0.4, -0.2) is 31.7 Å². The Bertz CT molecular complexity index is 993. The number of hydrogen-bond acceptors (Lipinski definition) is 4. The highest BCUT2D eigenvalue weighted by molar-refractivity contribution is 9.10. The molecule has 0 unspecified atom stereocenters. The standard InChI is InChI=1S/C19H18BrN3O3S/c20-16-5-3-6-17(12-16)22-19(24)14-8-10-23(11-9-14)27(25,26)18-7-2-1-4-15(18)13-21/h1-7,12,14H,8-11H2,(H,22,24). The molecule has 1 aliphatic rings. The van der Waals surface area contributed by atoms with E-state index < -0.39 is 10.0 Å². The number of amides is 1. The molecule has 1 heterocycles. The fourth-order valence-electron chi connectivity index (χ4n) is 3.09. The summed E-state index contributed by atoms with van der Waals surface area (Å²) in [4.78, 5) is 12.5. The highest BCUT2D eigenvalue weighted by Gasteiger charge is 2.33. The first-order chi connectivity index (χ1) is 12.9. The summed E-state index contributed by atoms with van der Waals surface area (Å²) in [6.45, 7) is 0.497. The second-order valence-corrected chi connectivity index (χ2v) is 9.11. The zero-order chi connectivity index (χ0) is 19.4. The van der Waals surface area contributed by atoms with Crippen molar-refractivity contribution in [3.8, 4) is 6.07 Å². The fraction of sp³-hybridized carbons (Fsp3) is 0.263. The Labute approximate surface area is 167 Å². The number of anilines is 1. The number of benzene rings is 2. The number of hydrogen-bond donors (Lipinski definition) is 1. The predicted octanol–water partition coefficient (Wildman–Crippen LogP) is 3.36. The normalized spacial score (nSPS) is 15.9. The lowest BCUT2D eigenvalue weighted by atomic mass is 9.97. The molecule has 1 amide bonds. The van der Waals surface area contributed by atoms with E-state index in [4.69, 9.17) is 5.26 Å². The molecule has 2 aromatic rings. The number of rotatable bonds is 4. The Morgan fingerprint density at radius 1 is 1.15 bits per heavy atom. The van der Waals surface area contributed by atoms with Gasteiger partial charge in [0.05, 0.1) is 10.5 Å². The first-order valence-electron chi connectivity index (χ1n) is 8.47. The van der Waals surface area contributed by atoms with Crippen molar-refractivity contribution in [2.75, 3.05) is 18.4 Å². The molecule has 0 bridgehead atoms. The van der Waals surface area contributed by atoms with E-state index in [1.807, 2.05) is 24.3 Å². The third-order valence-electron chi connectivity index (χ3n) is 4.54. The lowest BCUT2D eigenvalue weighted by Gasteiger charge is -2.30. The number of nitriles is 1. The van der Waals surface area contributed by atoms with Gasteiger partial charge in [0, 0.05) is 29.2 Å². The van der Waals surface area contributed by atoms with Gasteiger partial charge in [0.15, 0.2) is 0 Å². The van der Waals surface area contributed by atoms with Crippen molar-refractivity contribution >= 4 is 37.5 Å². The maximum Gasteiger partial charge on any atom is 0.244 e. The molecule has 1 fully saturated rings. The van der Waals surface area contributed by atoms with Gasteiger partial charge in [-0.15, -0.1) is 0 Å². The zero-order valence-electron chi connectivity index (χ0n) is 14.4. The van der Waals surface area contributed by atoms with Crippen LogP contribution in [0.1, 0.15) is 18.4 Å². The number of piperidine rings is 1. The summed E-state index contributed by atoms with van der Waals surface area (Å²) >= 11 is 3.36. The predicted molar refractivity (Wildman–Crippen MR) is 105 cm³/mol. The van der Waals surface area contributed by atoms with Gasteiger partial charge in [0.25, 0.3) is 0 Å². The highest BCUT2D eigenvalue weighted by atomic mass is 79.9. The molecule has 1 aliphatic heterocycles. The van der Waals surface area contributed by atoms with Gasteiger partial charge in [-0.25, -0.2) is 8.42 Å². The van der Waals surface area contributed by atoms with E-state index in [-0.39, 0.29) is 35.4 Å². The van der Waals surface area contributed by atoms with Crippen LogP contribution in [0, 0.1) is 17.2 Å². The van der Waals surface area contributed by atoms with Crippen LogP contribution in [-0.2, 0) is 14.8 Å². The van der Waals surface area contributed by atoms with Crippen molar-refractivity contribution < 1.29 is 13.2 Å². The Kier molecular flexibility index (Phi) is 5.95. The third kappa shape index (κ3) is 4.38. The molecular weight excluding hydrogens is 430 g/mol. The van der Waals surface area contributed by atoms with Crippen molar-refractivity contribution in [2.24, 2.45) is 5.92 Å². The Morgan fingerprint density at radius 2 is 1.85 bits per heavy atom. The summed E-state index contributed by atoms with van der Waals surface area (Å²) in [5, 5.41) is 12.0. The van der Waals surface area contributed by atoms with E-state index in [1.165, 1.54) is 16.4 Å². The van der Waals surface area contributed by atoms with E-state index in [2.05, 4.69) is 21.2 Å². The van der Waals surface area contributed by atoms with Gasteiger partial charge < -0.3 is 5.32 Å². The molecular formula is C19H18BrN3O3S. The SMILES string of the molecule is N#Cc1ccccc1S(=O)(=O)N1CCC(C(=O)Nc2cccc(Br)c2)CC1. The van der Waals surface area contributed by atoms with Gasteiger partial charge in [-0.2, -0.15) is 9.57 Å². The first kappa shape index (κ1) is 19.5. The van der Waals surface area contributed by atoms with E-state index in [9.17, 15) is 13.2 Å². The molecule has 6 nitrogen and oxygen atoms in total. The number of carbonyl (C=O) groups excluding carboxylic acids is 1. The molecule has 0 aliphatic carbocycles. The molecule has 0 radical (unpaired) electrons. The molecule has 27 heavy (non-hydrogen) atoms. The quantitative estimate of drug-likeness (QED) is 0.777. The molecule has 0 saturated carbocycles. The Balaban J connectivity index is 1.66. The molecule has 140 valence electrons. The van der Waals surface area contributed by atoms with E-state index in [0.29, 0.717) is 18.5 Å². The van der Waals surface area contributed by atoms with Crippen LogP contribution in [0.5, 0.6) is 0 Å². The molecule has 2 aromatic carbocycles. The lowest BCUT2D eigenvalue weighted by molar-refractivity contribution is -0.120. The maximum atomic E-state index is 12.8. The van der Waals surface area contributed by atoms with Crippen LogP contribution in [0.3, 0.4) is 0 Å². The van der Waals surface area contributed by atoms with Crippen LogP contribution in [0.25, 0.3) is 0 Å². The Hall–Kier alpha value is -2.21. The second-order valence-electron chi connectivity index (χ2n) is 6.29. The van der Waals surface area contributed by atoms with Crippen LogP contribution < -0.4 is 5.32 Å². The van der Waals surface area contributed by atoms with Crippen molar-refractivity contribution in [3.63, 3.8) is 0 Å². The minimum Gasteiger partial charge on any atom is -0.326 e. The van der Waals surface area contributed by atoms with Crippen LogP contribution >= 0.6 is 15.9 Å². The van der Waals surface area contributed by atoms with Gasteiger partial charge in [0.2, 0.25) is 15.9 Å². The zero-order valence-corrected chi connectivity index (χ0v) is 16.8. The molecule has 3 rings (SSSR count). The maximum absolute atomic E-state index is 12.8. The molecule has 0 atom stereocenters. The summed E-state index contributed by atoms with van der Waals surface area (Å²) in [6.07, 6.45) is 0.877. The number of sulfonamides is 1. The van der Waals surface area contributed by atoms with E-state index in [0.717, 1.165) is 4.47 Å². The number of nitrogens with one attached hydrogen (secondary N) is 1. The van der Waals surface area contributed by atoms with Crippen LogP contribution in [0.15, 0.2) is 57.9 Å². The van der Waals surface area contributed by atoms with Gasteiger partial charge in [-0.1, -0.05) is 34.1 Å². The average molecular weight is 448 g/mol. The molecule has 0 aromatic heterocycles. The van der Waals surface area contributed by atoms with Gasteiger partial charge in [0.1, 0.15) is 6.07 Å². The summed E-state index contributed by atoms with van der Waals surface area (Å²) in [7, 11) is -3.75. The summed E-state index contributed by atoms with van der Waals surface area (Å²) < 4.78 is 27.9. The number of carbonyl (C=O) groups is 1. The first-order valence-corrected chi connectivity index (χ1v) is 10.7. The largest absolute Gasteiger partial charge is 0.326 e. The summed E-state index contributed by atoms with van der Waals surface area (Å²) in [5.41, 5.74) is 0.833. The monoisotopic (exact) mass is 447 g/mol. The van der Waals surface area contributed by atoms with Crippen molar-refractivity contribution in [2.45, 2.75) is 17.7 Å². The van der Waals surface area contributed by atoms with Crippen molar-refractivity contribution in [3.05, 3.63) is 58.6 Å². The van der Waals surface area contributed by atoms with Gasteiger partial charge in [-0.3, -0.25) is 4.79 Å². The van der Waals surface area contributed by atoms with Gasteiger partial charge in [-0.05, 0) is 43.2 Å². The van der Waals surface area contributed by atoms with E-state index >= 15 is 0 Å². The highest BCUT2D eigenvalue weighted by Crippen LogP contribution is 2.26. The lowest BCUT2D eigenvalue weighted by Crippen LogP contribution is -2.41. The second kappa shape index (κ2) is 8.21.